The maximum absolute atomic E-state index is 10.0. The molecule has 0 aliphatic carbocycles. The Morgan fingerprint density at radius 2 is 1.87 bits per heavy atom. The van der Waals surface area contributed by atoms with Crippen molar-refractivity contribution in [2.24, 2.45) is 5.92 Å². The second-order valence-electron chi connectivity index (χ2n) is 5.16. The van der Waals surface area contributed by atoms with Crippen molar-refractivity contribution >= 4 is 0 Å². The Labute approximate surface area is 95.0 Å². The summed E-state index contributed by atoms with van der Waals surface area (Å²) in [6, 6.07) is 0. The lowest BCUT2D eigenvalue weighted by molar-refractivity contribution is 0.0249. The molecule has 0 aliphatic heterocycles. The highest BCUT2D eigenvalue weighted by Crippen LogP contribution is 2.22. The van der Waals surface area contributed by atoms with Crippen molar-refractivity contribution in [3.8, 4) is 0 Å². The van der Waals surface area contributed by atoms with E-state index in [9.17, 15) is 5.11 Å². The standard InChI is InChI=1S/C13H28O2/c1-5-9-15-10-7-6-8-13(4,14)11-12(2)3/h12,14H,5-11H2,1-4H3. The molecule has 2 heteroatoms. The van der Waals surface area contributed by atoms with Crippen LogP contribution in [0.5, 0.6) is 0 Å². The average molecular weight is 216 g/mol. The number of hydrogen-bond acceptors (Lipinski definition) is 2. The molecule has 1 unspecified atom stereocenters. The van der Waals surface area contributed by atoms with E-state index >= 15 is 0 Å². The second-order valence-corrected chi connectivity index (χ2v) is 5.16. The van der Waals surface area contributed by atoms with Crippen molar-refractivity contribution in [2.75, 3.05) is 13.2 Å². The van der Waals surface area contributed by atoms with Gasteiger partial charge in [0.05, 0.1) is 5.60 Å². The smallest absolute Gasteiger partial charge is 0.0622 e. The lowest BCUT2D eigenvalue weighted by Crippen LogP contribution is -2.26. The van der Waals surface area contributed by atoms with E-state index in [1.807, 2.05) is 6.92 Å². The topological polar surface area (TPSA) is 29.5 Å². The normalized spacial score (nSPS) is 15.6. The Kier molecular flexibility index (Phi) is 8.07. The van der Waals surface area contributed by atoms with Gasteiger partial charge < -0.3 is 9.84 Å². The Bertz CT molecular complexity index is 141. The van der Waals surface area contributed by atoms with Crippen molar-refractivity contribution in [3.63, 3.8) is 0 Å². The molecule has 0 aromatic rings. The van der Waals surface area contributed by atoms with E-state index < -0.39 is 5.60 Å². The van der Waals surface area contributed by atoms with Crippen LogP contribution in [0.1, 0.15) is 59.8 Å². The summed E-state index contributed by atoms with van der Waals surface area (Å²) >= 11 is 0. The minimum absolute atomic E-state index is 0.487. The van der Waals surface area contributed by atoms with E-state index in [-0.39, 0.29) is 0 Å². The van der Waals surface area contributed by atoms with Crippen molar-refractivity contribution in [3.05, 3.63) is 0 Å². The van der Waals surface area contributed by atoms with Gasteiger partial charge in [-0.2, -0.15) is 0 Å². The Balaban J connectivity index is 3.40. The molecule has 0 bridgehead atoms. The molecule has 0 spiro atoms. The minimum atomic E-state index is -0.487. The SMILES string of the molecule is CCCOCCCCC(C)(O)CC(C)C. The highest BCUT2D eigenvalue weighted by molar-refractivity contribution is 4.73. The van der Waals surface area contributed by atoms with Gasteiger partial charge in [-0.3, -0.25) is 0 Å². The first-order valence-electron chi connectivity index (χ1n) is 6.28. The van der Waals surface area contributed by atoms with Gasteiger partial charge in [0.15, 0.2) is 0 Å². The third kappa shape index (κ3) is 10.2. The Morgan fingerprint density at radius 1 is 1.20 bits per heavy atom. The van der Waals surface area contributed by atoms with Crippen molar-refractivity contribution < 1.29 is 9.84 Å². The summed E-state index contributed by atoms with van der Waals surface area (Å²) in [6.45, 7) is 10.1. The van der Waals surface area contributed by atoms with Gasteiger partial charge >= 0.3 is 0 Å². The summed E-state index contributed by atoms with van der Waals surface area (Å²) in [4.78, 5) is 0. The predicted octanol–water partition coefficient (Wildman–Crippen LogP) is 3.38. The molecule has 92 valence electrons. The van der Waals surface area contributed by atoms with Crippen molar-refractivity contribution in [1.29, 1.82) is 0 Å². The van der Waals surface area contributed by atoms with Crippen LogP contribution in [0.25, 0.3) is 0 Å². The van der Waals surface area contributed by atoms with Crippen LogP contribution in [0.3, 0.4) is 0 Å². The van der Waals surface area contributed by atoms with E-state index in [1.165, 1.54) is 0 Å². The predicted molar refractivity (Wildman–Crippen MR) is 65.0 cm³/mol. The van der Waals surface area contributed by atoms with Gasteiger partial charge in [0, 0.05) is 13.2 Å². The molecule has 0 saturated heterocycles. The third-order valence-corrected chi connectivity index (χ3v) is 2.45. The molecule has 0 aromatic carbocycles. The first-order valence-corrected chi connectivity index (χ1v) is 6.28. The number of aliphatic hydroxyl groups is 1. The summed E-state index contributed by atoms with van der Waals surface area (Å²) in [6.07, 6.45) is 4.99. The molecule has 1 atom stereocenters. The van der Waals surface area contributed by atoms with Crippen molar-refractivity contribution in [1.82, 2.24) is 0 Å². The van der Waals surface area contributed by atoms with Crippen LogP contribution in [0.4, 0.5) is 0 Å². The van der Waals surface area contributed by atoms with Gasteiger partial charge in [0.1, 0.15) is 0 Å². The zero-order valence-electron chi connectivity index (χ0n) is 10.9. The van der Waals surface area contributed by atoms with Crippen LogP contribution < -0.4 is 0 Å². The van der Waals surface area contributed by atoms with E-state index in [1.54, 1.807) is 0 Å². The molecule has 0 fully saturated rings. The fourth-order valence-electron chi connectivity index (χ4n) is 1.94. The maximum atomic E-state index is 10.0. The van der Waals surface area contributed by atoms with Crippen LogP contribution >= 0.6 is 0 Å². The highest BCUT2D eigenvalue weighted by atomic mass is 16.5. The summed E-state index contributed by atoms with van der Waals surface area (Å²) < 4.78 is 5.40. The molecule has 0 saturated carbocycles. The van der Waals surface area contributed by atoms with E-state index in [0.29, 0.717) is 5.92 Å². The number of unbranched alkanes of at least 4 members (excludes halogenated alkanes) is 1. The fraction of sp³-hybridized carbons (Fsp3) is 1.00. The molecule has 1 N–H and O–H groups in total. The zero-order chi connectivity index (χ0) is 11.7. The zero-order valence-corrected chi connectivity index (χ0v) is 10.9. The van der Waals surface area contributed by atoms with Crippen molar-refractivity contribution in [2.45, 2.75) is 65.4 Å². The van der Waals surface area contributed by atoms with Gasteiger partial charge in [-0.25, -0.2) is 0 Å². The summed E-state index contributed by atoms with van der Waals surface area (Å²) in [5.74, 6) is 0.566. The van der Waals surface area contributed by atoms with Gasteiger partial charge in [0.25, 0.3) is 0 Å². The Hall–Kier alpha value is -0.0800. The Morgan fingerprint density at radius 3 is 2.40 bits per heavy atom. The molecule has 0 aromatic heterocycles. The first-order chi connectivity index (χ1) is 6.98. The largest absolute Gasteiger partial charge is 0.390 e. The molecule has 0 amide bonds. The molecular formula is C13H28O2. The summed E-state index contributed by atoms with van der Waals surface area (Å²) in [5.41, 5.74) is -0.487. The third-order valence-electron chi connectivity index (χ3n) is 2.45. The van der Waals surface area contributed by atoms with Gasteiger partial charge in [0.2, 0.25) is 0 Å². The number of rotatable bonds is 9. The lowest BCUT2D eigenvalue weighted by Gasteiger charge is -2.25. The molecule has 0 heterocycles. The minimum Gasteiger partial charge on any atom is -0.390 e. The molecular weight excluding hydrogens is 188 g/mol. The summed E-state index contributed by atoms with van der Waals surface area (Å²) in [5, 5.41) is 10.0. The summed E-state index contributed by atoms with van der Waals surface area (Å²) in [7, 11) is 0. The van der Waals surface area contributed by atoms with Gasteiger partial charge in [-0.05, 0) is 44.9 Å². The van der Waals surface area contributed by atoms with Crippen LogP contribution in [0.15, 0.2) is 0 Å². The number of hydrogen-bond donors (Lipinski definition) is 1. The van der Waals surface area contributed by atoms with Crippen LogP contribution in [-0.4, -0.2) is 23.9 Å². The fourth-order valence-corrected chi connectivity index (χ4v) is 1.94. The molecule has 0 aliphatic rings. The van der Waals surface area contributed by atoms with E-state index in [0.717, 1.165) is 45.3 Å². The first kappa shape index (κ1) is 14.9. The quantitative estimate of drug-likeness (QED) is 0.599. The van der Waals surface area contributed by atoms with Crippen LogP contribution in [-0.2, 0) is 4.74 Å². The van der Waals surface area contributed by atoms with Gasteiger partial charge in [-0.15, -0.1) is 0 Å². The second kappa shape index (κ2) is 8.12. The van der Waals surface area contributed by atoms with Crippen LogP contribution in [0.2, 0.25) is 0 Å². The molecule has 15 heavy (non-hydrogen) atoms. The average Bonchev–Trinajstić information content (AvgIpc) is 2.08. The molecule has 0 radical (unpaired) electrons. The van der Waals surface area contributed by atoms with Gasteiger partial charge in [-0.1, -0.05) is 20.8 Å². The molecule has 2 nitrogen and oxygen atoms in total. The number of ether oxygens (including phenoxy) is 1. The lowest BCUT2D eigenvalue weighted by atomic mass is 9.89. The van der Waals surface area contributed by atoms with Crippen LogP contribution in [0, 0.1) is 5.92 Å². The molecule has 0 rings (SSSR count). The van der Waals surface area contributed by atoms with E-state index in [2.05, 4.69) is 20.8 Å². The monoisotopic (exact) mass is 216 g/mol. The highest BCUT2D eigenvalue weighted by Gasteiger charge is 2.20. The maximum Gasteiger partial charge on any atom is 0.0622 e. The van der Waals surface area contributed by atoms with E-state index in [4.69, 9.17) is 4.74 Å².